The number of H-pyrrole nitrogens is 1. The Morgan fingerprint density at radius 1 is 0.944 bits per heavy atom. The third-order valence-electron chi connectivity index (χ3n) is 3.05. The Morgan fingerprint density at radius 3 is 2.67 bits per heavy atom. The van der Waals surface area contributed by atoms with Crippen molar-refractivity contribution < 1.29 is 4.42 Å². The highest BCUT2D eigenvalue weighted by Crippen LogP contribution is 2.26. The molecule has 1 N–H and O–H groups in total. The van der Waals surface area contributed by atoms with Crippen molar-refractivity contribution in [1.82, 2.24) is 9.97 Å². The summed E-state index contributed by atoms with van der Waals surface area (Å²) in [5.74, 6) is 0.632. The Balaban J connectivity index is 1.95. The van der Waals surface area contributed by atoms with Gasteiger partial charge in [0, 0.05) is 10.9 Å². The standard InChI is InChI=1S/C15H10N2O/c1-2-6-11-10(5-1)9-13(16-11)15-17-12-7-3-4-8-14(12)18-15/h1-9,16H. The predicted octanol–water partition coefficient (Wildman–Crippen LogP) is 3.98. The van der Waals surface area contributed by atoms with E-state index in [9.17, 15) is 0 Å². The van der Waals surface area contributed by atoms with Crippen molar-refractivity contribution in [3.63, 3.8) is 0 Å². The van der Waals surface area contributed by atoms with Crippen LogP contribution < -0.4 is 0 Å². The molecule has 0 atom stereocenters. The molecule has 18 heavy (non-hydrogen) atoms. The minimum Gasteiger partial charge on any atom is -0.435 e. The summed E-state index contributed by atoms with van der Waals surface area (Å²) < 4.78 is 5.74. The number of oxazole rings is 1. The van der Waals surface area contributed by atoms with Gasteiger partial charge in [-0.1, -0.05) is 30.3 Å². The number of aromatic nitrogens is 2. The summed E-state index contributed by atoms with van der Waals surface area (Å²) in [6, 6.07) is 18.0. The summed E-state index contributed by atoms with van der Waals surface area (Å²) in [5.41, 5.74) is 3.69. The molecule has 0 unspecified atom stereocenters. The molecule has 0 aliphatic heterocycles. The van der Waals surface area contributed by atoms with Crippen LogP contribution in [0.1, 0.15) is 0 Å². The number of rotatable bonds is 1. The van der Waals surface area contributed by atoms with E-state index in [4.69, 9.17) is 4.42 Å². The molecule has 0 saturated carbocycles. The monoisotopic (exact) mass is 234 g/mol. The maximum Gasteiger partial charge on any atom is 0.244 e. The van der Waals surface area contributed by atoms with Crippen molar-refractivity contribution in [3.05, 3.63) is 54.6 Å². The Morgan fingerprint density at radius 2 is 1.78 bits per heavy atom. The second-order valence-corrected chi connectivity index (χ2v) is 4.26. The van der Waals surface area contributed by atoms with Crippen LogP contribution in [0.4, 0.5) is 0 Å². The van der Waals surface area contributed by atoms with E-state index in [1.165, 1.54) is 0 Å². The quantitative estimate of drug-likeness (QED) is 0.541. The zero-order chi connectivity index (χ0) is 11.9. The molecule has 3 nitrogen and oxygen atoms in total. The van der Waals surface area contributed by atoms with Gasteiger partial charge in [0.25, 0.3) is 0 Å². The first-order valence-electron chi connectivity index (χ1n) is 5.84. The van der Waals surface area contributed by atoms with Crippen LogP contribution in [0.15, 0.2) is 59.0 Å². The summed E-state index contributed by atoms with van der Waals surface area (Å²) >= 11 is 0. The van der Waals surface area contributed by atoms with Gasteiger partial charge in [0.15, 0.2) is 5.58 Å². The SMILES string of the molecule is c1ccc2[nH]c(-c3nc4ccccc4o3)cc2c1. The Hall–Kier alpha value is -2.55. The van der Waals surface area contributed by atoms with Gasteiger partial charge in [0.1, 0.15) is 11.2 Å². The van der Waals surface area contributed by atoms with E-state index >= 15 is 0 Å². The summed E-state index contributed by atoms with van der Waals surface area (Å²) in [7, 11) is 0. The molecule has 2 aromatic heterocycles. The molecular weight excluding hydrogens is 224 g/mol. The van der Waals surface area contributed by atoms with Gasteiger partial charge >= 0.3 is 0 Å². The van der Waals surface area contributed by atoms with E-state index < -0.39 is 0 Å². The minimum absolute atomic E-state index is 0.632. The largest absolute Gasteiger partial charge is 0.435 e. The second-order valence-electron chi connectivity index (χ2n) is 4.26. The zero-order valence-corrected chi connectivity index (χ0v) is 9.55. The predicted molar refractivity (Wildman–Crippen MR) is 71.3 cm³/mol. The summed E-state index contributed by atoms with van der Waals surface area (Å²) in [6.45, 7) is 0. The maximum atomic E-state index is 5.74. The first-order valence-corrected chi connectivity index (χ1v) is 5.84. The fourth-order valence-corrected chi connectivity index (χ4v) is 2.18. The average Bonchev–Trinajstić information content (AvgIpc) is 3.02. The molecule has 2 heterocycles. The van der Waals surface area contributed by atoms with E-state index in [-0.39, 0.29) is 0 Å². The van der Waals surface area contributed by atoms with Crippen LogP contribution in [0.2, 0.25) is 0 Å². The third kappa shape index (κ3) is 1.34. The lowest BCUT2D eigenvalue weighted by atomic mass is 10.2. The fraction of sp³-hybridized carbons (Fsp3) is 0. The topological polar surface area (TPSA) is 41.8 Å². The van der Waals surface area contributed by atoms with Crippen molar-refractivity contribution in [1.29, 1.82) is 0 Å². The first-order chi connectivity index (χ1) is 8.90. The van der Waals surface area contributed by atoms with Crippen LogP contribution in [-0.2, 0) is 0 Å². The Labute approximate surface area is 103 Å². The van der Waals surface area contributed by atoms with Crippen molar-refractivity contribution in [2.24, 2.45) is 0 Å². The van der Waals surface area contributed by atoms with Gasteiger partial charge in [0.05, 0.1) is 0 Å². The average molecular weight is 234 g/mol. The molecule has 0 saturated heterocycles. The van der Waals surface area contributed by atoms with Crippen molar-refractivity contribution in [3.8, 4) is 11.6 Å². The van der Waals surface area contributed by atoms with E-state index in [0.29, 0.717) is 5.89 Å². The second kappa shape index (κ2) is 3.47. The van der Waals surface area contributed by atoms with Crippen LogP contribution in [-0.4, -0.2) is 9.97 Å². The maximum absolute atomic E-state index is 5.74. The fourth-order valence-electron chi connectivity index (χ4n) is 2.18. The molecule has 3 heteroatoms. The molecule has 0 aliphatic carbocycles. The lowest BCUT2D eigenvalue weighted by molar-refractivity contribution is 0.617. The molecule has 0 aliphatic rings. The summed E-state index contributed by atoms with van der Waals surface area (Å²) in [4.78, 5) is 7.80. The van der Waals surface area contributed by atoms with Gasteiger partial charge in [-0.2, -0.15) is 0 Å². The number of hydrogen-bond donors (Lipinski definition) is 1. The number of hydrogen-bond acceptors (Lipinski definition) is 2. The smallest absolute Gasteiger partial charge is 0.244 e. The number of fused-ring (bicyclic) bond motifs is 2. The van der Waals surface area contributed by atoms with Crippen LogP contribution in [0, 0.1) is 0 Å². The molecular formula is C15H10N2O. The Bertz CT molecular complexity index is 704. The first kappa shape index (κ1) is 9.48. The highest BCUT2D eigenvalue weighted by atomic mass is 16.3. The van der Waals surface area contributed by atoms with Gasteiger partial charge in [-0.15, -0.1) is 0 Å². The number of aromatic amines is 1. The van der Waals surface area contributed by atoms with Crippen molar-refractivity contribution >= 4 is 22.0 Å². The van der Waals surface area contributed by atoms with Gasteiger partial charge in [0.2, 0.25) is 5.89 Å². The summed E-state index contributed by atoms with van der Waals surface area (Å²) in [5, 5.41) is 1.16. The number of nitrogens with zero attached hydrogens (tertiary/aromatic N) is 1. The van der Waals surface area contributed by atoms with Crippen molar-refractivity contribution in [2.75, 3.05) is 0 Å². The molecule has 0 amide bonds. The van der Waals surface area contributed by atoms with Crippen molar-refractivity contribution in [2.45, 2.75) is 0 Å². The highest BCUT2D eigenvalue weighted by molar-refractivity contribution is 5.85. The van der Waals surface area contributed by atoms with E-state index in [0.717, 1.165) is 27.7 Å². The molecule has 86 valence electrons. The van der Waals surface area contributed by atoms with E-state index in [1.807, 2.05) is 42.5 Å². The summed E-state index contributed by atoms with van der Waals surface area (Å²) in [6.07, 6.45) is 0. The molecule has 4 rings (SSSR count). The van der Waals surface area contributed by atoms with Gasteiger partial charge in [-0.05, 0) is 24.3 Å². The van der Waals surface area contributed by atoms with E-state index in [2.05, 4.69) is 22.1 Å². The Kier molecular flexibility index (Phi) is 1.83. The molecule has 0 spiro atoms. The molecule has 2 aromatic carbocycles. The lowest BCUT2D eigenvalue weighted by Crippen LogP contribution is -1.74. The normalized spacial score (nSPS) is 11.3. The minimum atomic E-state index is 0.632. The van der Waals surface area contributed by atoms with E-state index in [1.54, 1.807) is 0 Å². The highest BCUT2D eigenvalue weighted by Gasteiger charge is 2.09. The van der Waals surface area contributed by atoms with Crippen LogP contribution in [0.5, 0.6) is 0 Å². The number of benzene rings is 2. The van der Waals surface area contributed by atoms with Gasteiger partial charge < -0.3 is 9.40 Å². The van der Waals surface area contributed by atoms with Crippen LogP contribution in [0.25, 0.3) is 33.6 Å². The molecule has 0 fully saturated rings. The zero-order valence-electron chi connectivity index (χ0n) is 9.55. The van der Waals surface area contributed by atoms with Crippen LogP contribution >= 0.6 is 0 Å². The molecule has 0 radical (unpaired) electrons. The molecule has 0 bridgehead atoms. The van der Waals surface area contributed by atoms with Gasteiger partial charge in [-0.3, -0.25) is 0 Å². The number of para-hydroxylation sites is 3. The number of nitrogens with one attached hydrogen (secondary N) is 1. The van der Waals surface area contributed by atoms with Gasteiger partial charge in [-0.25, -0.2) is 4.98 Å². The van der Waals surface area contributed by atoms with Crippen LogP contribution in [0.3, 0.4) is 0 Å². The lowest BCUT2D eigenvalue weighted by Gasteiger charge is -1.87. The third-order valence-corrected chi connectivity index (χ3v) is 3.05. The molecule has 4 aromatic rings.